The van der Waals surface area contributed by atoms with E-state index in [1.54, 1.807) is 17.0 Å². The minimum atomic E-state index is -1.07. The van der Waals surface area contributed by atoms with Crippen LogP contribution in [-0.4, -0.2) is 93.1 Å². The summed E-state index contributed by atoms with van der Waals surface area (Å²) < 4.78 is 0. The smallest absolute Gasteiger partial charge is 0.335 e. The van der Waals surface area contributed by atoms with Gasteiger partial charge in [0.15, 0.2) is 0 Å². The summed E-state index contributed by atoms with van der Waals surface area (Å²) in [6.45, 7) is 2.50. The number of likely N-dealkylation sites (tertiary alicyclic amines) is 1. The number of aromatic carboxylic acids is 1. The van der Waals surface area contributed by atoms with E-state index in [2.05, 4.69) is 4.90 Å². The molecule has 0 aliphatic carbocycles. The first-order valence-electron chi connectivity index (χ1n) is 11.2. The van der Waals surface area contributed by atoms with Crippen molar-refractivity contribution in [3.8, 4) is 0 Å². The maximum atomic E-state index is 13.3. The molecular formula is C25H27N3O5. The van der Waals surface area contributed by atoms with E-state index < -0.39 is 12.1 Å². The number of carbonyl (C=O) groups is 3. The van der Waals surface area contributed by atoms with Crippen LogP contribution in [0.3, 0.4) is 0 Å². The summed E-state index contributed by atoms with van der Waals surface area (Å²) in [6.07, 6.45) is 0.470. The third-order valence-electron chi connectivity index (χ3n) is 7.08. The fourth-order valence-electron chi connectivity index (χ4n) is 5.54. The molecule has 0 radical (unpaired) electrons. The van der Waals surface area contributed by atoms with Crippen LogP contribution >= 0.6 is 0 Å². The Morgan fingerprint density at radius 1 is 0.909 bits per heavy atom. The molecule has 0 bridgehead atoms. The van der Waals surface area contributed by atoms with Gasteiger partial charge in [0, 0.05) is 44.3 Å². The maximum absolute atomic E-state index is 13.3. The van der Waals surface area contributed by atoms with E-state index in [1.165, 1.54) is 12.1 Å². The first kappa shape index (κ1) is 21.6. The Morgan fingerprint density at radius 3 is 2.33 bits per heavy atom. The highest BCUT2D eigenvalue weighted by atomic mass is 16.4. The van der Waals surface area contributed by atoms with Crippen molar-refractivity contribution in [3.05, 3.63) is 71.3 Å². The van der Waals surface area contributed by atoms with Gasteiger partial charge in [-0.15, -0.1) is 0 Å². The lowest BCUT2D eigenvalue weighted by Crippen LogP contribution is -2.79. The zero-order chi connectivity index (χ0) is 23.2. The van der Waals surface area contributed by atoms with Gasteiger partial charge in [0.2, 0.25) is 5.91 Å². The Bertz CT molecular complexity index is 1080. The number of nitrogens with zero attached hydrogens (tertiary/aromatic N) is 3. The van der Waals surface area contributed by atoms with E-state index in [4.69, 9.17) is 0 Å². The maximum Gasteiger partial charge on any atom is 0.335 e. The number of piperazine rings is 1. The molecule has 5 rings (SSSR count). The molecule has 0 saturated carbocycles. The van der Waals surface area contributed by atoms with Crippen LogP contribution in [-0.2, 0) is 11.2 Å². The Balaban J connectivity index is 1.33. The van der Waals surface area contributed by atoms with Crippen LogP contribution in [0.15, 0.2) is 54.6 Å². The first-order chi connectivity index (χ1) is 15.8. The van der Waals surface area contributed by atoms with Crippen LogP contribution in [0.4, 0.5) is 0 Å². The molecule has 8 heteroatoms. The summed E-state index contributed by atoms with van der Waals surface area (Å²) in [5.41, 5.74) is 1.00. The SMILES string of the molecule is O=C(O)c1cccc(C(=O)N2C[C@H]3C[C@@H](O)CN3C3(CN(C(=O)Cc4ccccc4)C3)C2)c1. The number of β-amino-alcohol motifs (C(OH)–C–C–N with tert-alkyl or cyclic N) is 1. The van der Waals surface area contributed by atoms with Gasteiger partial charge in [0.25, 0.3) is 5.91 Å². The minimum Gasteiger partial charge on any atom is -0.478 e. The molecule has 2 amide bonds. The van der Waals surface area contributed by atoms with Crippen molar-refractivity contribution in [1.29, 1.82) is 0 Å². The first-order valence-corrected chi connectivity index (χ1v) is 11.2. The van der Waals surface area contributed by atoms with Gasteiger partial charge in [-0.3, -0.25) is 14.5 Å². The Morgan fingerprint density at radius 2 is 1.61 bits per heavy atom. The summed E-state index contributed by atoms with van der Waals surface area (Å²) in [6, 6.07) is 15.7. The average Bonchev–Trinajstić information content (AvgIpc) is 3.17. The molecule has 33 heavy (non-hydrogen) atoms. The highest BCUT2D eigenvalue weighted by Crippen LogP contribution is 2.39. The number of hydrogen-bond acceptors (Lipinski definition) is 5. The lowest BCUT2D eigenvalue weighted by molar-refractivity contribution is -0.153. The third kappa shape index (κ3) is 4.00. The Kier molecular flexibility index (Phi) is 5.42. The highest BCUT2D eigenvalue weighted by molar-refractivity contribution is 5.97. The lowest BCUT2D eigenvalue weighted by atomic mass is 9.83. The minimum absolute atomic E-state index is 0.0201. The van der Waals surface area contributed by atoms with E-state index in [0.717, 1.165) is 5.56 Å². The van der Waals surface area contributed by atoms with Crippen molar-refractivity contribution >= 4 is 17.8 Å². The average molecular weight is 450 g/mol. The molecule has 2 aromatic carbocycles. The summed E-state index contributed by atoms with van der Waals surface area (Å²) in [5.74, 6) is -1.23. The summed E-state index contributed by atoms with van der Waals surface area (Å²) in [5, 5.41) is 19.6. The zero-order valence-corrected chi connectivity index (χ0v) is 18.3. The van der Waals surface area contributed by atoms with Crippen molar-refractivity contribution in [2.24, 2.45) is 0 Å². The lowest BCUT2D eigenvalue weighted by Gasteiger charge is -2.60. The number of fused-ring (bicyclic) bond motifs is 2. The summed E-state index contributed by atoms with van der Waals surface area (Å²) in [4.78, 5) is 43.3. The summed E-state index contributed by atoms with van der Waals surface area (Å²) in [7, 11) is 0. The molecule has 3 saturated heterocycles. The van der Waals surface area contributed by atoms with Crippen LogP contribution in [0.25, 0.3) is 0 Å². The number of amides is 2. The van der Waals surface area contributed by atoms with E-state index in [-0.39, 0.29) is 29.0 Å². The molecule has 3 aliphatic rings. The van der Waals surface area contributed by atoms with Gasteiger partial charge in [-0.2, -0.15) is 0 Å². The molecule has 0 unspecified atom stereocenters. The molecule has 2 aromatic rings. The van der Waals surface area contributed by atoms with Crippen LogP contribution in [0, 0.1) is 0 Å². The van der Waals surface area contributed by atoms with Crippen molar-refractivity contribution < 1.29 is 24.6 Å². The topological polar surface area (TPSA) is 101 Å². The van der Waals surface area contributed by atoms with Crippen molar-refractivity contribution in [2.45, 2.75) is 30.5 Å². The molecule has 3 aliphatic heterocycles. The molecule has 8 nitrogen and oxygen atoms in total. The predicted octanol–water partition coefficient (Wildman–Crippen LogP) is 1.10. The number of rotatable bonds is 4. The molecule has 3 heterocycles. The molecule has 0 aromatic heterocycles. The number of benzene rings is 2. The number of carboxylic acid groups (broad SMARTS) is 1. The normalized spacial score (nSPS) is 23.8. The van der Waals surface area contributed by atoms with Crippen molar-refractivity contribution in [2.75, 3.05) is 32.7 Å². The quantitative estimate of drug-likeness (QED) is 0.725. The van der Waals surface area contributed by atoms with E-state index in [9.17, 15) is 24.6 Å². The van der Waals surface area contributed by atoms with Gasteiger partial charge in [-0.1, -0.05) is 36.4 Å². The van der Waals surface area contributed by atoms with Gasteiger partial charge < -0.3 is 20.0 Å². The zero-order valence-electron chi connectivity index (χ0n) is 18.3. The largest absolute Gasteiger partial charge is 0.478 e. The number of aliphatic hydroxyl groups excluding tert-OH is 1. The van der Waals surface area contributed by atoms with Crippen LogP contribution < -0.4 is 0 Å². The number of carboxylic acids is 1. The molecule has 3 fully saturated rings. The summed E-state index contributed by atoms with van der Waals surface area (Å²) >= 11 is 0. The van der Waals surface area contributed by atoms with Crippen molar-refractivity contribution in [3.63, 3.8) is 0 Å². The van der Waals surface area contributed by atoms with Crippen molar-refractivity contribution in [1.82, 2.24) is 14.7 Å². The predicted molar refractivity (Wildman–Crippen MR) is 120 cm³/mol. The standard InChI is InChI=1S/C25H27N3O5/c29-21-11-20-12-26(23(31)18-7-4-8-19(10-18)24(32)33)14-25(28(20)13-21)15-27(16-25)22(30)9-17-5-2-1-3-6-17/h1-8,10,20-21,29H,9,11-16H2,(H,32,33)/t20-,21-/m1/s1. The monoisotopic (exact) mass is 449 g/mol. The molecule has 2 N–H and O–H groups in total. The van der Waals surface area contributed by atoms with Gasteiger partial charge >= 0.3 is 5.97 Å². The van der Waals surface area contributed by atoms with E-state index in [1.807, 2.05) is 35.2 Å². The number of hydrogen-bond donors (Lipinski definition) is 2. The Hall–Kier alpha value is -3.23. The van der Waals surface area contributed by atoms with Gasteiger partial charge in [0.05, 0.1) is 23.6 Å². The van der Waals surface area contributed by atoms with Crippen LogP contribution in [0.1, 0.15) is 32.7 Å². The molecular weight excluding hydrogens is 422 g/mol. The third-order valence-corrected chi connectivity index (χ3v) is 7.08. The van der Waals surface area contributed by atoms with E-state index >= 15 is 0 Å². The second kappa shape index (κ2) is 8.28. The van der Waals surface area contributed by atoms with E-state index in [0.29, 0.717) is 51.1 Å². The number of carbonyl (C=O) groups excluding carboxylic acids is 2. The fraction of sp³-hybridized carbons (Fsp3) is 0.400. The van der Waals surface area contributed by atoms with Gasteiger partial charge in [-0.05, 0) is 30.2 Å². The van der Waals surface area contributed by atoms with Crippen LogP contribution in [0.2, 0.25) is 0 Å². The Labute approximate surface area is 192 Å². The molecule has 2 atom stereocenters. The molecule has 172 valence electrons. The number of aliphatic hydroxyl groups is 1. The highest BCUT2D eigenvalue weighted by Gasteiger charge is 2.57. The second-order valence-corrected chi connectivity index (χ2v) is 9.40. The van der Waals surface area contributed by atoms with Gasteiger partial charge in [-0.25, -0.2) is 4.79 Å². The van der Waals surface area contributed by atoms with Crippen LogP contribution in [0.5, 0.6) is 0 Å². The molecule has 1 spiro atoms. The van der Waals surface area contributed by atoms with Gasteiger partial charge in [0.1, 0.15) is 0 Å². The second-order valence-electron chi connectivity index (χ2n) is 9.40. The fourth-order valence-corrected chi connectivity index (χ4v) is 5.54.